The lowest BCUT2D eigenvalue weighted by atomic mass is 10.1. The Hall–Kier alpha value is -1.32. The number of hydrogen-bond donors (Lipinski definition) is 1. The highest BCUT2D eigenvalue weighted by Gasteiger charge is 2.14. The maximum Gasteiger partial charge on any atom is 0.258 e. The van der Waals surface area contributed by atoms with Gasteiger partial charge in [0.25, 0.3) is 6.43 Å². The lowest BCUT2D eigenvalue weighted by Crippen LogP contribution is -2.24. The maximum atomic E-state index is 12.4. The van der Waals surface area contributed by atoms with Crippen LogP contribution in [0.15, 0.2) is 18.2 Å². The van der Waals surface area contributed by atoms with Crippen molar-refractivity contribution in [3.05, 3.63) is 23.8 Å². The van der Waals surface area contributed by atoms with Crippen LogP contribution in [0.3, 0.4) is 0 Å². The highest BCUT2D eigenvalue weighted by molar-refractivity contribution is 5.60. The van der Waals surface area contributed by atoms with Crippen molar-refractivity contribution in [3.8, 4) is 0 Å². The van der Waals surface area contributed by atoms with E-state index in [-0.39, 0.29) is 0 Å². The van der Waals surface area contributed by atoms with Crippen LogP contribution in [-0.4, -0.2) is 26.6 Å². The monoisotopic (exact) mass is 228 g/mol. The van der Waals surface area contributed by atoms with Crippen LogP contribution < -0.4 is 10.2 Å². The standard InChI is InChI=1S/C12H18F2N2/c1-8-7-10(16(3)4)5-6-11(8)15-9(2)12(13)14/h5-7,9,12,15H,1-4H3. The first kappa shape index (κ1) is 12.7. The van der Waals surface area contributed by atoms with Gasteiger partial charge in [-0.1, -0.05) is 0 Å². The Balaban J connectivity index is 2.83. The molecule has 0 amide bonds. The molecule has 0 bridgehead atoms. The number of alkyl halides is 2. The number of nitrogens with zero attached hydrogens (tertiary/aromatic N) is 1. The molecule has 2 nitrogen and oxygen atoms in total. The Kier molecular flexibility index (Phi) is 4.10. The van der Waals surface area contributed by atoms with Gasteiger partial charge >= 0.3 is 0 Å². The van der Waals surface area contributed by atoms with E-state index in [1.54, 1.807) is 0 Å². The molecule has 1 unspecified atom stereocenters. The minimum Gasteiger partial charge on any atom is -0.378 e. The van der Waals surface area contributed by atoms with E-state index in [9.17, 15) is 8.78 Å². The summed E-state index contributed by atoms with van der Waals surface area (Å²) in [6.07, 6.45) is -2.35. The summed E-state index contributed by atoms with van der Waals surface area (Å²) < 4.78 is 24.8. The molecule has 0 fully saturated rings. The predicted molar refractivity (Wildman–Crippen MR) is 64.6 cm³/mol. The number of nitrogens with one attached hydrogen (secondary N) is 1. The fourth-order valence-corrected chi connectivity index (χ4v) is 1.40. The molecule has 0 radical (unpaired) electrons. The number of halogens is 2. The first-order valence-corrected chi connectivity index (χ1v) is 5.24. The third-order valence-corrected chi connectivity index (χ3v) is 2.49. The van der Waals surface area contributed by atoms with E-state index >= 15 is 0 Å². The zero-order valence-corrected chi connectivity index (χ0v) is 10.1. The molecule has 0 heterocycles. The van der Waals surface area contributed by atoms with E-state index in [1.807, 2.05) is 44.1 Å². The van der Waals surface area contributed by atoms with Crippen molar-refractivity contribution in [1.82, 2.24) is 0 Å². The van der Waals surface area contributed by atoms with Crippen LogP contribution in [0.4, 0.5) is 20.2 Å². The molecule has 0 saturated heterocycles. The van der Waals surface area contributed by atoms with Crippen molar-refractivity contribution in [1.29, 1.82) is 0 Å². The molecular formula is C12H18F2N2. The van der Waals surface area contributed by atoms with Gasteiger partial charge in [0, 0.05) is 25.5 Å². The van der Waals surface area contributed by atoms with Crippen LogP contribution in [0.1, 0.15) is 12.5 Å². The summed E-state index contributed by atoms with van der Waals surface area (Å²) in [5.74, 6) is 0. The molecule has 0 saturated carbocycles. The van der Waals surface area contributed by atoms with Gasteiger partial charge in [-0.05, 0) is 37.6 Å². The van der Waals surface area contributed by atoms with Gasteiger partial charge in [0.1, 0.15) is 0 Å². The van der Waals surface area contributed by atoms with E-state index in [4.69, 9.17) is 0 Å². The topological polar surface area (TPSA) is 15.3 Å². The van der Waals surface area contributed by atoms with E-state index < -0.39 is 12.5 Å². The Morgan fingerprint density at radius 1 is 1.25 bits per heavy atom. The Morgan fingerprint density at radius 3 is 2.31 bits per heavy atom. The van der Waals surface area contributed by atoms with Gasteiger partial charge in [-0.2, -0.15) is 0 Å². The second kappa shape index (κ2) is 5.14. The zero-order valence-electron chi connectivity index (χ0n) is 10.1. The fraction of sp³-hybridized carbons (Fsp3) is 0.500. The minimum atomic E-state index is -2.35. The molecule has 0 spiro atoms. The summed E-state index contributed by atoms with van der Waals surface area (Å²) in [5.41, 5.74) is 2.80. The van der Waals surface area contributed by atoms with Crippen LogP contribution in [0.5, 0.6) is 0 Å². The summed E-state index contributed by atoms with van der Waals surface area (Å²) >= 11 is 0. The van der Waals surface area contributed by atoms with E-state index in [1.165, 1.54) is 6.92 Å². The molecule has 1 rings (SSSR count). The second-order valence-corrected chi connectivity index (χ2v) is 4.16. The smallest absolute Gasteiger partial charge is 0.258 e. The molecule has 16 heavy (non-hydrogen) atoms. The quantitative estimate of drug-likeness (QED) is 0.851. The van der Waals surface area contributed by atoms with Crippen molar-refractivity contribution in [2.45, 2.75) is 26.3 Å². The highest BCUT2D eigenvalue weighted by atomic mass is 19.3. The Bertz CT molecular complexity index is 351. The normalized spacial score (nSPS) is 12.7. The first-order chi connectivity index (χ1) is 7.41. The minimum absolute atomic E-state index is 0.762. The molecule has 0 aromatic heterocycles. The second-order valence-electron chi connectivity index (χ2n) is 4.16. The number of rotatable bonds is 4. The predicted octanol–water partition coefficient (Wildman–Crippen LogP) is 3.13. The van der Waals surface area contributed by atoms with Crippen LogP contribution in [0, 0.1) is 6.92 Å². The average Bonchev–Trinajstić information content (AvgIpc) is 2.20. The van der Waals surface area contributed by atoms with Crippen molar-refractivity contribution >= 4 is 11.4 Å². The summed E-state index contributed by atoms with van der Waals surface area (Å²) in [6, 6.07) is 4.89. The lowest BCUT2D eigenvalue weighted by molar-refractivity contribution is 0.130. The third-order valence-electron chi connectivity index (χ3n) is 2.49. The van der Waals surface area contributed by atoms with Gasteiger partial charge in [0.2, 0.25) is 0 Å². The summed E-state index contributed by atoms with van der Waals surface area (Å²) in [7, 11) is 3.90. The SMILES string of the molecule is Cc1cc(N(C)C)ccc1NC(C)C(F)F. The van der Waals surface area contributed by atoms with Gasteiger partial charge in [-0.3, -0.25) is 0 Å². The van der Waals surface area contributed by atoms with Crippen LogP contribution in [0.25, 0.3) is 0 Å². The fourth-order valence-electron chi connectivity index (χ4n) is 1.40. The van der Waals surface area contributed by atoms with Crippen LogP contribution in [0.2, 0.25) is 0 Å². The van der Waals surface area contributed by atoms with E-state index in [0.29, 0.717) is 0 Å². The van der Waals surface area contributed by atoms with Gasteiger partial charge in [0.15, 0.2) is 0 Å². The number of anilines is 2. The first-order valence-electron chi connectivity index (χ1n) is 5.24. The molecule has 4 heteroatoms. The number of benzene rings is 1. The molecule has 1 atom stereocenters. The third kappa shape index (κ3) is 3.08. The maximum absolute atomic E-state index is 12.4. The average molecular weight is 228 g/mol. The summed E-state index contributed by atoms with van der Waals surface area (Å²) in [6.45, 7) is 3.39. The molecule has 0 aliphatic carbocycles. The largest absolute Gasteiger partial charge is 0.378 e. The molecule has 0 aliphatic rings. The van der Waals surface area contributed by atoms with Crippen molar-refractivity contribution in [3.63, 3.8) is 0 Å². The van der Waals surface area contributed by atoms with Crippen LogP contribution in [-0.2, 0) is 0 Å². The zero-order chi connectivity index (χ0) is 12.3. The van der Waals surface area contributed by atoms with Crippen LogP contribution >= 0.6 is 0 Å². The Labute approximate surface area is 95.3 Å². The van der Waals surface area contributed by atoms with Gasteiger partial charge in [0.05, 0.1) is 6.04 Å². The van der Waals surface area contributed by atoms with Gasteiger partial charge in [-0.25, -0.2) is 8.78 Å². The number of aryl methyl sites for hydroxylation is 1. The van der Waals surface area contributed by atoms with E-state index in [2.05, 4.69) is 5.32 Å². The lowest BCUT2D eigenvalue weighted by Gasteiger charge is -2.19. The highest BCUT2D eigenvalue weighted by Crippen LogP contribution is 2.22. The number of hydrogen-bond acceptors (Lipinski definition) is 2. The molecule has 1 N–H and O–H groups in total. The van der Waals surface area contributed by atoms with Crippen molar-refractivity contribution in [2.24, 2.45) is 0 Å². The summed E-state index contributed by atoms with van der Waals surface area (Å²) in [4.78, 5) is 1.98. The molecule has 1 aromatic rings. The Morgan fingerprint density at radius 2 is 1.88 bits per heavy atom. The molecule has 0 aliphatic heterocycles. The summed E-state index contributed by atoms with van der Waals surface area (Å²) in [5, 5.41) is 2.81. The van der Waals surface area contributed by atoms with Crippen molar-refractivity contribution < 1.29 is 8.78 Å². The molecular weight excluding hydrogens is 210 g/mol. The van der Waals surface area contributed by atoms with Gasteiger partial charge in [-0.15, -0.1) is 0 Å². The molecule has 90 valence electrons. The molecule has 1 aromatic carbocycles. The van der Waals surface area contributed by atoms with E-state index in [0.717, 1.165) is 16.9 Å². The van der Waals surface area contributed by atoms with Gasteiger partial charge < -0.3 is 10.2 Å². The van der Waals surface area contributed by atoms with Crippen molar-refractivity contribution in [2.75, 3.05) is 24.3 Å².